The molecule has 1 aromatic rings. The number of pyridine rings is 1. The van der Waals surface area contributed by atoms with Crippen LogP contribution < -0.4 is 10.7 Å². The molecule has 0 radical (unpaired) electrons. The molecule has 1 aromatic heterocycles. The van der Waals surface area contributed by atoms with Gasteiger partial charge in [-0.3, -0.25) is 9.59 Å². The molecule has 1 heterocycles. The van der Waals surface area contributed by atoms with Gasteiger partial charge in [-0.1, -0.05) is 0 Å². The molecule has 1 atom stereocenters. The van der Waals surface area contributed by atoms with Gasteiger partial charge in [0.05, 0.1) is 0 Å². The van der Waals surface area contributed by atoms with Gasteiger partial charge < -0.3 is 20.5 Å². The van der Waals surface area contributed by atoms with E-state index in [0.29, 0.717) is 0 Å². The fourth-order valence-corrected chi connectivity index (χ4v) is 1.13. The number of carbonyl (C=O) groups excluding carboxylic acids is 1. The largest absolute Gasteiger partial charge is 0.479 e. The SMILES string of the molecule is O=C(NCCC(O)C(=O)O)c1c[nH]ccc1=O. The first-order valence-electron chi connectivity index (χ1n) is 4.88. The van der Waals surface area contributed by atoms with Crippen molar-refractivity contribution in [1.82, 2.24) is 10.3 Å². The van der Waals surface area contributed by atoms with Crippen LogP contribution in [0.3, 0.4) is 0 Å². The fourth-order valence-electron chi connectivity index (χ4n) is 1.13. The van der Waals surface area contributed by atoms with E-state index in [1.165, 1.54) is 18.5 Å². The highest BCUT2D eigenvalue weighted by Gasteiger charge is 2.14. The molecule has 92 valence electrons. The summed E-state index contributed by atoms with van der Waals surface area (Å²) in [6, 6.07) is 1.21. The molecule has 1 rings (SSSR count). The number of H-pyrrole nitrogens is 1. The number of hydrogen-bond acceptors (Lipinski definition) is 4. The molecule has 0 aliphatic carbocycles. The lowest BCUT2D eigenvalue weighted by atomic mass is 10.2. The lowest BCUT2D eigenvalue weighted by Gasteiger charge is -2.06. The Morgan fingerprint density at radius 3 is 2.76 bits per heavy atom. The molecule has 0 aromatic carbocycles. The minimum absolute atomic E-state index is 0.0271. The van der Waals surface area contributed by atoms with E-state index >= 15 is 0 Å². The van der Waals surface area contributed by atoms with Crippen LogP contribution >= 0.6 is 0 Å². The summed E-state index contributed by atoms with van der Waals surface area (Å²) in [5.41, 5.74) is -0.489. The van der Waals surface area contributed by atoms with Crippen LogP contribution in [-0.2, 0) is 4.79 Å². The predicted molar refractivity (Wildman–Crippen MR) is 57.7 cm³/mol. The van der Waals surface area contributed by atoms with Crippen molar-refractivity contribution >= 4 is 11.9 Å². The molecular formula is C10H12N2O5. The molecule has 0 saturated carbocycles. The van der Waals surface area contributed by atoms with Gasteiger partial charge in [0.15, 0.2) is 11.5 Å². The highest BCUT2D eigenvalue weighted by molar-refractivity contribution is 5.93. The van der Waals surface area contributed by atoms with Gasteiger partial charge in [0.2, 0.25) is 0 Å². The van der Waals surface area contributed by atoms with E-state index in [9.17, 15) is 14.4 Å². The first-order chi connectivity index (χ1) is 8.02. The molecule has 0 fully saturated rings. The van der Waals surface area contributed by atoms with Gasteiger partial charge in [0.1, 0.15) is 5.56 Å². The van der Waals surface area contributed by atoms with E-state index in [-0.39, 0.29) is 18.5 Å². The molecule has 0 aliphatic rings. The van der Waals surface area contributed by atoms with Crippen molar-refractivity contribution in [2.75, 3.05) is 6.54 Å². The van der Waals surface area contributed by atoms with Gasteiger partial charge in [0.25, 0.3) is 5.91 Å². The number of hydrogen-bond donors (Lipinski definition) is 4. The number of aliphatic carboxylic acids is 1. The smallest absolute Gasteiger partial charge is 0.332 e. The molecule has 17 heavy (non-hydrogen) atoms. The topological polar surface area (TPSA) is 119 Å². The first kappa shape index (κ1) is 12.9. The molecule has 1 unspecified atom stereocenters. The van der Waals surface area contributed by atoms with Gasteiger partial charge in [-0.25, -0.2) is 4.79 Å². The van der Waals surface area contributed by atoms with E-state index in [4.69, 9.17) is 10.2 Å². The molecular weight excluding hydrogens is 228 g/mol. The summed E-state index contributed by atoms with van der Waals surface area (Å²) in [7, 11) is 0. The summed E-state index contributed by atoms with van der Waals surface area (Å²) < 4.78 is 0. The van der Waals surface area contributed by atoms with Gasteiger partial charge in [0, 0.05) is 31.4 Å². The molecule has 7 nitrogen and oxygen atoms in total. The van der Waals surface area contributed by atoms with Crippen molar-refractivity contribution < 1.29 is 19.8 Å². The molecule has 4 N–H and O–H groups in total. The standard InChI is InChI=1S/C10H12N2O5/c13-7-1-3-11-5-6(7)9(15)12-4-2-8(14)10(16)17/h1,3,5,8,14H,2,4H2,(H,11,13)(H,12,15)(H,16,17). The molecule has 0 aliphatic heterocycles. The zero-order chi connectivity index (χ0) is 12.8. The van der Waals surface area contributed by atoms with Gasteiger partial charge in [-0.05, 0) is 0 Å². The van der Waals surface area contributed by atoms with Crippen molar-refractivity contribution in [3.05, 3.63) is 34.2 Å². The van der Waals surface area contributed by atoms with Crippen LogP contribution in [0.5, 0.6) is 0 Å². The van der Waals surface area contributed by atoms with Gasteiger partial charge in [-0.2, -0.15) is 0 Å². The maximum atomic E-state index is 11.5. The number of nitrogens with one attached hydrogen (secondary N) is 2. The first-order valence-corrected chi connectivity index (χ1v) is 4.88. The Morgan fingerprint density at radius 2 is 2.18 bits per heavy atom. The molecule has 0 bridgehead atoms. The Kier molecular flexibility index (Phi) is 4.41. The number of aromatic nitrogens is 1. The van der Waals surface area contributed by atoms with Gasteiger partial charge in [-0.15, -0.1) is 0 Å². The number of rotatable bonds is 5. The van der Waals surface area contributed by atoms with Crippen LogP contribution in [0.4, 0.5) is 0 Å². The quantitative estimate of drug-likeness (QED) is 0.523. The second kappa shape index (κ2) is 5.80. The minimum atomic E-state index is -1.52. The number of carboxylic acid groups (broad SMARTS) is 1. The van der Waals surface area contributed by atoms with Crippen LogP contribution in [0.15, 0.2) is 23.3 Å². The maximum Gasteiger partial charge on any atom is 0.332 e. The molecule has 0 spiro atoms. The average Bonchev–Trinajstić information content (AvgIpc) is 2.29. The monoisotopic (exact) mass is 240 g/mol. The zero-order valence-corrected chi connectivity index (χ0v) is 8.84. The molecule has 0 saturated heterocycles. The number of aliphatic hydroxyl groups excluding tert-OH is 1. The van der Waals surface area contributed by atoms with Gasteiger partial charge >= 0.3 is 5.97 Å². The molecule has 1 amide bonds. The average molecular weight is 240 g/mol. The van der Waals surface area contributed by atoms with E-state index in [1.807, 2.05) is 0 Å². The van der Waals surface area contributed by atoms with Crippen LogP contribution in [0.1, 0.15) is 16.8 Å². The summed E-state index contributed by atoms with van der Waals surface area (Å²) >= 11 is 0. The van der Waals surface area contributed by atoms with Crippen LogP contribution in [0.25, 0.3) is 0 Å². The highest BCUT2D eigenvalue weighted by atomic mass is 16.4. The summed E-state index contributed by atoms with van der Waals surface area (Å²) in [5, 5.41) is 19.7. The maximum absolute atomic E-state index is 11.5. The van der Waals surface area contributed by atoms with Crippen LogP contribution in [0.2, 0.25) is 0 Å². The second-order valence-electron chi connectivity index (χ2n) is 3.32. The number of aromatic amines is 1. The lowest BCUT2D eigenvalue weighted by molar-refractivity contribution is -0.146. The van der Waals surface area contributed by atoms with E-state index < -0.39 is 23.4 Å². The van der Waals surface area contributed by atoms with Crippen molar-refractivity contribution in [2.24, 2.45) is 0 Å². The normalized spacial score (nSPS) is 11.8. The number of amides is 1. The molecule has 7 heteroatoms. The Bertz CT molecular complexity index is 468. The van der Waals surface area contributed by atoms with Crippen LogP contribution in [-0.4, -0.2) is 39.7 Å². The Balaban J connectivity index is 2.49. The number of carboxylic acids is 1. The predicted octanol–water partition coefficient (Wildman–Crippen LogP) is -1.06. The summed E-state index contributed by atoms with van der Waals surface area (Å²) in [6.07, 6.45) is 1.01. The summed E-state index contributed by atoms with van der Waals surface area (Å²) in [5.74, 6) is -1.96. The third-order valence-electron chi connectivity index (χ3n) is 2.06. The van der Waals surface area contributed by atoms with Crippen molar-refractivity contribution in [2.45, 2.75) is 12.5 Å². The Hall–Kier alpha value is -2.15. The highest BCUT2D eigenvalue weighted by Crippen LogP contribution is 1.92. The fraction of sp³-hybridized carbons (Fsp3) is 0.300. The Morgan fingerprint density at radius 1 is 1.47 bits per heavy atom. The third kappa shape index (κ3) is 3.72. The minimum Gasteiger partial charge on any atom is -0.479 e. The van der Waals surface area contributed by atoms with Crippen molar-refractivity contribution in [3.63, 3.8) is 0 Å². The van der Waals surface area contributed by atoms with E-state index in [2.05, 4.69) is 10.3 Å². The Labute approximate surface area is 96.1 Å². The van der Waals surface area contributed by atoms with E-state index in [1.54, 1.807) is 0 Å². The van der Waals surface area contributed by atoms with Crippen molar-refractivity contribution in [1.29, 1.82) is 0 Å². The lowest BCUT2D eigenvalue weighted by Crippen LogP contribution is -2.32. The number of carbonyl (C=O) groups is 2. The zero-order valence-electron chi connectivity index (χ0n) is 8.84. The second-order valence-corrected chi connectivity index (χ2v) is 3.32. The van der Waals surface area contributed by atoms with Crippen LogP contribution in [0, 0.1) is 0 Å². The van der Waals surface area contributed by atoms with Crippen molar-refractivity contribution in [3.8, 4) is 0 Å². The van der Waals surface area contributed by atoms with E-state index in [0.717, 1.165) is 0 Å². The number of aliphatic hydroxyl groups is 1. The summed E-state index contributed by atoms with van der Waals surface area (Å²) in [4.78, 5) is 35.6. The third-order valence-corrected chi connectivity index (χ3v) is 2.06. The summed E-state index contributed by atoms with van der Waals surface area (Å²) in [6.45, 7) is -0.0271.